The molecular weight excluding hydrogens is 254 g/mol. The summed E-state index contributed by atoms with van der Waals surface area (Å²) in [4.78, 5) is 1.30. The minimum absolute atomic E-state index is 0.325. The molecule has 1 aromatic heterocycles. The van der Waals surface area contributed by atoms with Crippen molar-refractivity contribution in [3.05, 3.63) is 47.3 Å². The van der Waals surface area contributed by atoms with Gasteiger partial charge < -0.3 is 5.32 Å². The van der Waals surface area contributed by atoms with Gasteiger partial charge in [0.15, 0.2) is 0 Å². The van der Waals surface area contributed by atoms with Crippen LogP contribution in [0.3, 0.4) is 0 Å². The van der Waals surface area contributed by atoms with E-state index in [-0.39, 0.29) is 0 Å². The zero-order valence-electron chi connectivity index (χ0n) is 12.0. The molecule has 1 N–H and O–H groups in total. The molecule has 0 aliphatic heterocycles. The molecule has 1 aromatic carbocycles. The molecule has 2 aromatic rings. The summed E-state index contributed by atoms with van der Waals surface area (Å²) in [6.07, 6.45) is 3.05. The van der Waals surface area contributed by atoms with Crippen LogP contribution in [0.4, 0.5) is 0 Å². The van der Waals surface area contributed by atoms with E-state index in [0.29, 0.717) is 6.04 Å². The number of thioether (sulfide) groups is 1. The van der Waals surface area contributed by atoms with Gasteiger partial charge in [0.1, 0.15) is 0 Å². The summed E-state index contributed by atoms with van der Waals surface area (Å²) in [6.45, 7) is 2.03. The first-order chi connectivity index (χ1) is 9.13. The summed E-state index contributed by atoms with van der Waals surface area (Å²) in [5, 5.41) is 7.80. The molecule has 0 saturated heterocycles. The van der Waals surface area contributed by atoms with Crippen LogP contribution in [-0.2, 0) is 13.5 Å². The van der Waals surface area contributed by atoms with E-state index in [1.807, 2.05) is 25.7 Å². The van der Waals surface area contributed by atoms with Gasteiger partial charge in [-0.3, -0.25) is 4.68 Å². The Balaban J connectivity index is 2.17. The molecule has 0 aliphatic rings. The number of nitrogens with zero attached hydrogens (tertiary/aromatic N) is 2. The van der Waals surface area contributed by atoms with E-state index in [1.165, 1.54) is 16.2 Å². The highest BCUT2D eigenvalue weighted by Crippen LogP contribution is 2.22. The zero-order valence-corrected chi connectivity index (χ0v) is 12.8. The third kappa shape index (κ3) is 3.39. The van der Waals surface area contributed by atoms with E-state index < -0.39 is 0 Å². The van der Waals surface area contributed by atoms with Crippen LogP contribution in [0, 0.1) is 6.92 Å². The van der Waals surface area contributed by atoms with Gasteiger partial charge >= 0.3 is 0 Å². The smallest absolute Gasteiger partial charge is 0.0596 e. The summed E-state index contributed by atoms with van der Waals surface area (Å²) in [5.41, 5.74) is 3.65. The second-order valence-electron chi connectivity index (χ2n) is 4.72. The van der Waals surface area contributed by atoms with Crippen molar-refractivity contribution >= 4 is 11.8 Å². The van der Waals surface area contributed by atoms with Gasteiger partial charge in [-0.05, 0) is 44.0 Å². The number of benzene rings is 1. The fourth-order valence-electron chi connectivity index (χ4n) is 2.29. The average molecular weight is 275 g/mol. The van der Waals surface area contributed by atoms with E-state index in [0.717, 1.165) is 12.1 Å². The quantitative estimate of drug-likeness (QED) is 0.851. The Morgan fingerprint density at radius 2 is 2.00 bits per heavy atom. The molecule has 0 spiro atoms. The SMILES string of the molecule is CNC(Cc1cc(C)nn1C)c1ccc(SC)cc1. The number of hydrogen-bond acceptors (Lipinski definition) is 3. The van der Waals surface area contributed by atoms with Crippen molar-refractivity contribution in [1.82, 2.24) is 15.1 Å². The Labute approximate surface area is 119 Å². The first kappa shape index (κ1) is 14.2. The molecule has 0 amide bonds. The molecule has 1 unspecified atom stereocenters. The van der Waals surface area contributed by atoms with Crippen molar-refractivity contribution in [2.45, 2.75) is 24.3 Å². The maximum absolute atomic E-state index is 4.41. The van der Waals surface area contributed by atoms with Crippen LogP contribution in [0.5, 0.6) is 0 Å². The Morgan fingerprint density at radius 3 is 2.47 bits per heavy atom. The van der Waals surface area contributed by atoms with Crippen LogP contribution in [0.2, 0.25) is 0 Å². The maximum Gasteiger partial charge on any atom is 0.0596 e. The molecule has 1 heterocycles. The second-order valence-corrected chi connectivity index (χ2v) is 5.60. The van der Waals surface area contributed by atoms with Crippen molar-refractivity contribution in [3.63, 3.8) is 0 Å². The average Bonchev–Trinajstić information content (AvgIpc) is 2.74. The summed E-state index contributed by atoms with van der Waals surface area (Å²) < 4.78 is 1.97. The molecule has 0 fully saturated rings. The van der Waals surface area contributed by atoms with Gasteiger partial charge in [0.25, 0.3) is 0 Å². The van der Waals surface area contributed by atoms with Crippen molar-refractivity contribution in [3.8, 4) is 0 Å². The highest BCUT2D eigenvalue weighted by Gasteiger charge is 2.13. The molecule has 3 nitrogen and oxygen atoms in total. The first-order valence-electron chi connectivity index (χ1n) is 6.44. The van der Waals surface area contributed by atoms with Gasteiger partial charge in [-0.1, -0.05) is 12.1 Å². The van der Waals surface area contributed by atoms with E-state index in [1.54, 1.807) is 11.8 Å². The van der Waals surface area contributed by atoms with Crippen LogP contribution in [0.15, 0.2) is 35.2 Å². The minimum atomic E-state index is 0.325. The van der Waals surface area contributed by atoms with Gasteiger partial charge in [0.2, 0.25) is 0 Å². The van der Waals surface area contributed by atoms with Crippen molar-refractivity contribution in [2.75, 3.05) is 13.3 Å². The number of aryl methyl sites for hydroxylation is 2. The third-order valence-corrected chi connectivity index (χ3v) is 4.12. The van der Waals surface area contributed by atoms with E-state index >= 15 is 0 Å². The van der Waals surface area contributed by atoms with Gasteiger partial charge in [-0.2, -0.15) is 5.10 Å². The summed E-state index contributed by atoms with van der Waals surface area (Å²) in [7, 11) is 4.02. The summed E-state index contributed by atoms with van der Waals surface area (Å²) in [6, 6.07) is 11.2. The topological polar surface area (TPSA) is 29.9 Å². The monoisotopic (exact) mass is 275 g/mol. The summed E-state index contributed by atoms with van der Waals surface area (Å²) >= 11 is 1.77. The Kier molecular flexibility index (Phi) is 4.66. The van der Waals surface area contributed by atoms with Crippen LogP contribution in [-0.4, -0.2) is 23.1 Å². The molecule has 0 saturated carbocycles. The molecular formula is C15H21N3S. The summed E-state index contributed by atoms with van der Waals surface area (Å²) in [5.74, 6) is 0. The lowest BCUT2D eigenvalue weighted by atomic mass is 10.0. The van der Waals surface area contributed by atoms with E-state index in [9.17, 15) is 0 Å². The lowest BCUT2D eigenvalue weighted by molar-refractivity contribution is 0.561. The Morgan fingerprint density at radius 1 is 1.32 bits per heavy atom. The fraction of sp³-hybridized carbons (Fsp3) is 0.400. The van der Waals surface area contributed by atoms with E-state index in [4.69, 9.17) is 0 Å². The molecule has 102 valence electrons. The molecule has 1 atom stereocenters. The highest BCUT2D eigenvalue weighted by atomic mass is 32.2. The van der Waals surface area contributed by atoms with Crippen LogP contribution >= 0.6 is 11.8 Å². The Hall–Kier alpha value is -1.26. The fourth-order valence-corrected chi connectivity index (χ4v) is 2.70. The standard InChI is InChI=1S/C15H21N3S/c1-11-9-13(18(3)17-11)10-15(16-2)12-5-7-14(19-4)8-6-12/h5-9,15-16H,10H2,1-4H3. The van der Waals surface area contributed by atoms with Gasteiger partial charge in [-0.15, -0.1) is 11.8 Å². The van der Waals surface area contributed by atoms with Crippen LogP contribution in [0.25, 0.3) is 0 Å². The second kappa shape index (κ2) is 6.26. The molecule has 0 radical (unpaired) electrons. The van der Waals surface area contributed by atoms with Crippen LogP contribution < -0.4 is 5.32 Å². The van der Waals surface area contributed by atoms with Crippen molar-refractivity contribution in [1.29, 1.82) is 0 Å². The molecule has 0 aliphatic carbocycles. The Bertz CT molecular complexity index is 531. The molecule has 19 heavy (non-hydrogen) atoms. The zero-order chi connectivity index (χ0) is 13.8. The number of nitrogens with one attached hydrogen (secondary N) is 1. The van der Waals surface area contributed by atoms with Gasteiger partial charge in [0, 0.05) is 30.1 Å². The maximum atomic E-state index is 4.41. The van der Waals surface area contributed by atoms with Gasteiger partial charge in [0.05, 0.1) is 5.69 Å². The molecule has 0 bridgehead atoms. The first-order valence-corrected chi connectivity index (χ1v) is 7.67. The number of likely N-dealkylation sites (N-methyl/N-ethyl adjacent to an activating group) is 1. The highest BCUT2D eigenvalue weighted by molar-refractivity contribution is 7.98. The number of rotatable bonds is 5. The predicted octanol–water partition coefficient (Wildman–Crippen LogP) is 2.95. The van der Waals surface area contributed by atoms with Crippen LogP contribution in [0.1, 0.15) is 23.0 Å². The van der Waals surface area contributed by atoms with Crippen molar-refractivity contribution < 1.29 is 0 Å². The number of aromatic nitrogens is 2. The largest absolute Gasteiger partial charge is 0.313 e. The minimum Gasteiger partial charge on any atom is -0.313 e. The predicted molar refractivity (Wildman–Crippen MR) is 81.7 cm³/mol. The normalized spacial score (nSPS) is 12.6. The number of hydrogen-bond donors (Lipinski definition) is 1. The molecule has 4 heteroatoms. The van der Waals surface area contributed by atoms with Crippen molar-refractivity contribution in [2.24, 2.45) is 7.05 Å². The lowest BCUT2D eigenvalue weighted by Crippen LogP contribution is -2.20. The molecule has 2 rings (SSSR count). The van der Waals surface area contributed by atoms with Gasteiger partial charge in [-0.25, -0.2) is 0 Å². The van der Waals surface area contributed by atoms with E-state index in [2.05, 4.69) is 47.0 Å². The third-order valence-electron chi connectivity index (χ3n) is 3.38. The lowest BCUT2D eigenvalue weighted by Gasteiger charge is -2.17.